The van der Waals surface area contributed by atoms with Gasteiger partial charge in [0.2, 0.25) is 0 Å². The number of hydrogen-bond acceptors (Lipinski definition) is 3. The van der Waals surface area contributed by atoms with E-state index in [-0.39, 0.29) is 31.4 Å². The number of carbonyl (C=O) groups excluding carboxylic acids is 2. The van der Waals surface area contributed by atoms with Crippen molar-refractivity contribution >= 4 is 20.0 Å². The smallest absolute Gasteiger partial charge is 0.178 e. The van der Waals surface area contributed by atoms with Gasteiger partial charge < -0.3 is 0 Å². The number of rotatable bonds is 9. The van der Waals surface area contributed by atoms with Crippen molar-refractivity contribution in [1.29, 1.82) is 0 Å². The predicted octanol–water partition coefficient (Wildman–Crippen LogP) is 7.09. The number of benzene rings is 2. The van der Waals surface area contributed by atoms with Gasteiger partial charge in [-0.3, -0.25) is 14.2 Å². The van der Waals surface area contributed by atoms with Crippen LogP contribution in [-0.4, -0.2) is 17.2 Å². The zero-order chi connectivity index (χ0) is 22.6. The quantitative estimate of drug-likeness (QED) is 0.319. The Morgan fingerprint density at radius 1 is 0.867 bits per heavy atom. The SMILES string of the molecule is Cc1cccc(C)c1C(=O)CC(C)(C)CC(C)C(P=O)C(=O)c1c(C)cccc1C. The van der Waals surface area contributed by atoms with E-state index in [0.717, 1.165) is 27.8 Å². The second-order valence-electron chi connectivity index (χ2n) is 9.39. The molecule has 0 radical (unpaired) electrons. The van der Waals surface area contributed by atoms with Crippen LogP contribution in [0, 0.1) is 39.0 Å². The molecule has 0 aliphatic carbocycles. The fraction of sp³-hybridized carbons (Fsp3) is 0.462. The summed E-state index contributed by atoms with van der Waals surface area (Å²) in [5.74, 6) is -0.0665. The van der Waals surface area contributed by atoms with Crippen LogP contribution in [0.5, 0.6) is 0 Å². The molecule has 0 aliphatic heterocycles. The van der Waals surface area contributed by atoms with Gasteiger partial charge in [0.1, 0.15) is 5.66 Å². The average molecular weight is 425 g/mol. The predicted molar refractivity (Wildman–Crippen MR) is 124 cm³/mol. The van der Waals surface area contributed by atoms with E-state index in [1.54, 1.807) is 0 Å². The molecule has 2 rings (SSSR count). The summed E-state index contributed by atoms with van der Waals surface area (Å²) in [6.45, 7) is 13.8. The molecule has 0 spiro atoms. The van der Waals surface area contributed by atoms with E-state index in [0.29, 0.717) is 18.4 Å². The van der Waals surface area contributed by atoms with Gasteiger partial charge in [-0.1, -0.05) is 57.2 Å². The van der Waals surface area contributed by atoms with Crippen molar-refractivity contribution in [2.75, 3.05) is 0 Å². The molecular formula is C26H33O3P. The van der Waals surface area contributed by atoms with E-state index >= 15 is 0 Å². The van der Waals surface area contributed by atoms with Crippen molar-refractivity contribution in [2.24, 2.45) is 11.3 Å². The van der Waals surface area contributed by atoms with Gasteiger partial charge in [0.25, 0.3) is 0 Å². The van der Waals surface area contributed by atoms with Gasteiger partial charge in [-0.2, -0.15) is 0 Å². The second-order valence-corrected chi connectivity index (χ2v) is 10.2. The number of ketones is 2. The van der Waals surface area contributed by atoms with Gasteiger partial charge in [-0.05, 0) is 67.7 Å². The van der Waals surface area contributed by atoms with E-state index in [1.807, 2.05) is 71.0 Å². The maximum absolute atomic E-state index is 13.2. The Labute approximate surface area is 182 Å². The highest BCUT2D eigenvalue weighted by molar-refractivity contribution is 7.26. The molecule has 0 fully saturated rings. The molecule has 2 atom stereocenters. The molecule has 0 bridgehead atoms. The molecule has 0 saturated carbocycles. The van der Waals surface area contributed by atoms with Crippen LogP contribution in [0.3, 0.4) is 0 Å². The fourth-order valence-corrected chi connectivity index (χ4v) is 5.13. The summed E-state index contributed by atoms with van der Waals surface area (Å²) in [6.07, 6.45) is 1.03. The Morgan fingerprint density at radius 3 is 1.73 bits per heavy atom. The minimum atomic E-state index is -0.612. The van der Waals surface area contributed by atoms with Gasteiger partial charge in [0.05, 0.1) is 0 Å². The summed E-state index contributed by atoms with van der Waals surface area (Å²) in [5, 5.41) is 0. The first kappa shape index (κ1) is 24.2. The first-order valence-electron chi connectivity index (χ1n) is 10.5. The average Bonchev–Trinajstić information content (AvgIpc) is 2.61. The lowest BCUT2D eigenvalue weighted by molar-refractivity contribution is 0.0903. The normalized spacial score (nSPS) is 13.8. The summed E-state index contributed by atoms with van der Waals surface area (Å²) in [6, 6.07) is 11.6. The van der Waals surface area contributed by atoms with Crippen molar-refractivity contribution in [3.05, 3.63) is 69.8 Å². The molecule has 0 saturated heterocycles. The van der Waals surface area contributed by atoms with Gasteiger partial charge in [-0.25, -0.2) is 0 Å². The lowest BCUT2D eigenvalue weighted by Crippen LogP contribution is -2.29. The van der Waals surface area contributed by atoms with Crippen molar-refractivity contribution < 1.29 is 14.2 Å². The van der Waals surface area contributed by atoms with Gasteiger partial charge in [-0.15, -0.1) is 0 Å². The fourth-order valence-electron chi connectivity index (χ4n) is 4.59. The van der Waals surface area contributed by atoms with Crippen molar-refractivity contribution in [3.8, 4) is 0 Å². The molecule has 2 aromatic rings. The van der Waals surface area contributed by atoms with Crippen LogP contribution in [0.1, 0.15) is 76.6 Å². The Hall–Kier alpha value is -2.12. The highest BCUT2D eigenvalue weighted by atomic mass is 31.1. The molecule has 0 aromatic heterocycles. The van der Waals surface area contributed by atoms with Crippen molar-refractivity contribution in [3.63, 3.8) is 0 Å². The van der Waals surface area contributed by atoms with E-state index in [9.17, 15) is 14.2 Å². The van der Waals surface area contributed by atoms with E-state index in [4.69, 9.17) is 0 Å². The lowest BCUT2D eigenvalue weighted by Gasteiger charge is -2.30. The Morgan fingerprint density at radius 2 is 1.30 bits per heavy atom. The maximum atomic E-state index is 13.2. The molecule has 0 N–H and O–H groups in total. The molecule has 4 heteroatoms. The number of hydrogen-bond donors (Lipinski definition) is 0. The Balaban J connectivity index is 2.19. The molecule has 2 aromatic carbocycles. The van der Waals surface area contributed by atoms with E-state index in [2.05, 4.69) is 13.8 Å². The molecule has 0 aliphatic rings. The number of carbonyl (C=O) groups is 2. The van der Waals surface area contributed by atoms with Crippen LogP contribution in [0.4, 0.5) is 0 Å². The van der Waals surface area contributed by atoms with Gasteiger partial charge in [0.15, 0.2) is 20.0 Å². The summed E-state index contributed by atoms with van der Waals surface area (Å²) >= 11 is 0. The molecule has 0 heterocycles. The molecule has 3 nitrogen and oxygen atoms in total. The minimum absolute atomic E-state index is 0.0772. The number of Topliss-reactive ketones (excluding diaryl/α,β-unsaturated/α-hetero) is 2. The third-order valence-corrected chi connectivity index (χ3v) is 6.89. The largest absolute Gasteiger partial charge is 0.294 e. The first-order chi connectivity index (χ1) is 14.0. The Bertz CT molecular complexity index is 918. The first-order valence-corrected chi connectivity index (χ1v) is 11.4. The topological polar surface area (TPSA) is 51.2 Å². The van der Waals surface area contributed by atoms with Gasteiger partial charge >= 0.3 is 0 Å². The van der Waals surface area contributed by atoms with E-state index in [1.165, 1.54) is 0 Å². The standard InChI is InChI=1S/C26H33O3P/c1-16-10-8-11-17(2)22(16)21(27)15-26(6,7)14-20(5)25(30-29)24(28)23-18(3)12-9-13-19(23)4/h8-13,20,25H,14-15H2,1-7H3. The lowest BCUT2D eigenvalue weighted by atomic mass is 9.76. The third-order valence-electron chi connectivity index (χ3n) is 5.92. The van der Waals surface area contributed by atoms with Gasteiger partial charge in [0, 0.05) is 17.5 Å². The molecular weight excluding hydrogens is 391 g/mol. The monoisotopic (exact) mass is 424 g/mol. The number of aryl methyl sites for hydroxylation is 4. The summed E-state index contributed by atoms with van der Waals surface area (Å²) < 4.78 is 12.0. The zero-order valence-corrected chi connectivity index (χ0v) is 20.1. The summed E-state index contributed by atoms with van der Waals surface area (Å²) in [5.41, 5.74) is 4.34. The maximum Gasteiger partial charge on any atom is 0.178 e. The molecule has 0 amide bonds. The van der Waals surface area contributed by atoms with Crippen LogP contribution in [0.2, 0.25) is 0 Å². The highest BCUT2D eigenvalue weighted by Crippen LogP contribution is 2.37. The Kier molecular flexibility index (Phi) is 7.88. The molecule has 2 unspecified atom stereocenters. The van der Waals surface area contributed by atoms with Crippen molar-refractivity contribution in [2.45, 2.75) is 67.0 Å². The highest BCUT2D eigenvalue weighted by Gasteiger charge is 2.34. The van der Waals surface area contributed by atoms with Crippen LogP contribution >= 0.6 is 8.46 Å². The van der Waals surface area contributed by atoms with Crippen molar-refractivity contribution in [1.82, 2.24) is 0 Å². The van der Waals surface area contributed by atoms with E-state index < -0.39 is 5.66 Å². The van der Waals surface area contributed by atoms with Crippen LogP contribution in [0.15, 0.2) is 36.4 Å². The van der Waals surface area contributed by atoms with Crippen LogP contribution < -0.4 is 0 Å². The zero-order valence-electron chi connectivity index (χ0n) is 19.2. The molecule has 30 heavy (non-hydrogen) atoms. The minimum Gasteiger partial charge on any atom is -0.294 e. The third kappa shape index (κ3) is 5.52. The summed E-state index contributed by atoms with van der Waals surface area (Å²) in [7, 11) is -0.166. The van der Waals surface area contributed by atoms with Crippen LogP contribution in [0.25, 0.3) is 0 Å². The second kappa shape index (κ2) is 9.79. The van der Waals surface area contributed by atoms with Crippen LogP contribution in [-0.2, 0) is 4.57 Å². The summed E-state index contributed by atoms with van der Waals surface area (Å²) in [4.78, 5) is 26.2. The molecule has 160 valence electrons.